The van der Waals surface area contributed by atoms with Gasteiger partial charge in [0, 0.05) is 5.02 Å². The lowest BCUT2D eigenvalue weighted by Gasteiger charge is -2.14. The minimum atomic E-state index is -0.119. The molecule has 4 rings (SSSR count). The monoisotopic (exact) mass is 406 g/mol. The second-order valence-electron chi connectivity index (χ2n) is 5.78. The number of ether oxygens (including phenoxy) is 2. The third-order valence-electron chi connectivity index (χ3n) is 3.93. The molecule has 0 saturated carbocycles. The smallest absolute Gasteiger partial charge is 0.231 e. The van der Waals surface area contributed by atoms with Crippen molar-refractivity contribution in [2.24, 2.45) is 0 Å². The van der Waals surface area contributed by atoms with E-state index in [0.717, 1.165) is 25.9 Å². The van der Waals surface area contributed by atoms with Gasteiger partial charge in [-0.05, 0) is 42.8 Å². The normalized spacial score (nSPS) is 13.8. The van der Waals surface area contributed by atoms with E-state index in [0.29, 0.717) is 16.5 Å². The average molecular weight is 407 g/mol. The molecule has 5 nitrogen and oxygen atoms in total. The Kier molecular flexibility index (Phi) is 4.93. The molecule has 134 valence electrons. The summed E-state index contributed by atoms with van der Waals surface area (Å²) in [5.74, 6) is 1.71. The predicted molar refractivity (Wildman–Crippen MR) is 104 cm³/mol. The summed E-state index contributed by atoms with van der Waals surface area (Å²) in [5.41, 5.74) is 1.83. The van der Waals surface area contributed by atoms with E-state index < -0.39 is 0 Å². The highest BCUT2D eigenvalue weighted by Gasteiger charge is 2.17. The number of hydrogen-bond donors (Lipinski definition) is 1. The Hall–Kier alpha value is -1.96. The molecule has 8 heteroatoms. The number of nitrogens with one attached hydrogen (secondary N) is 1. The molecule has 0 saturated heterocycles. The first-order valence-electron chi connectivity index (χ1n) is 7.96. The lowest BCUT2D eigenvalue weighted by atomic mass is 10.1. The molecule has 1 atom stereocenters. The molecule has 2 aromatic carbocycles. The van der Waals surface area contributed by atoms with Crippen molar-refractivity contribution in [2.45, 2.75) is 17.3 Å². The lowest BCUT2D eigenvalue weighted by Crippen LogP contribution is -2.28. The van der Waals surface area contributed by atoms with Gasteiger partial charge in [-0.15, -0.1) is 11.3 Å². The molecule has 1 amide bonds. The number of hydrogen-bond acceptors (Lipinski definition) is 6. The van der Waals surface area contributed by atoms with Gasteiger partial charge in [-0.2, -0.15) is 0 Å². The molecule has 0 radical (unpaired) electrons. The number of rotatable bonds is 5. The first-order chi connectivity index (χ1) is 12.6. The molecule has 1 aliphatic rings. The quantitative estimate of drug-likeness (QED) is 0.625. The van der Waals surface area contributed by atoms with Gasteiger partial charge in [0.25, 0.3) is 0 Å². The summed E-state index contributed by atoms with van der Waals surface area (Å²) in [7, 11) is 0. The number of benzene rings is 2. The summed E-state index contributed by atoms with van der Waals surface area (Å²) in [6.07, 6.45) is 0. The molecule has 1 N–H and O–H groups in total. The van der Waals surface area contributed by atoms with Crippen LogP contribution in [-0.2, 0) is 4.79 Å². The third-order valence-corrected chi connectivity index (χ3v) is 6.35. The average Bonchev–Trinajstić information content (AvgIpc) is 3.24. The topological polar surface area (TPSA) is 60.5 Å². The molecule has 1 aliphatic heterocycles. The molecule has 26 heavy (non-hydrogen) atoms. The molecular weight excluding hydrogens is 392 g/mol. The molecule has 0 unspecified atom stereocenters. The van der Waals surface area contributed by atoms with Gasteiger partial charge in [0.1, 0.15) is 0 Å². The van der Waals surface area contributed by atoms with Crippen LogP contribution >= 0.6 is 34.7 Å². The molecule has 3 aromatic rings. The van der Waals surface area contributed by atoms with Gasteiger partial charge in [0.05, 0.1) is 22.0 Å². The maximum absolute atomic E-state index is 12.3. The van der Waals surface area contributed by atoms with Crippen molar-refractivity contribution in [3.8, 4) is 11.5 Å². The number of carbonyl (C=O) groups is 1. The molecular formula is C18H15ClN2O3S2. The van der Waals surface area contributed by atoms with E-state index in [-0.39, 0.29) is 18.7 Å². The SMILES string of the molecule is C[C@@H](NC(=O)CSc1nc2cc(Cl)ccc2s1)c1ccc2c(c1)OCO2. The third kappa shape index (κ3) is 3.75. The Morgan fingerprint density at radius 2 is 2.15 bits per heavy atom. The molecule has 2 heterocycles. The van der Waals surface area contributed by atoms with Crippen LogP contribution in [0.4, 0.5) is 0 Å². The Balaban J connectivity index is 1.35. The Labute approximate surface area is 163 Å². The fraction of sp³-hybridized carbons (Fsp3) is 0.222. The summed E-state index contributed by atoms with van der Waals surface area (Å²) < 4.78 is 12.6. The minimum Gasteiger partial charge on any atom is -0.454 e. The number of carbonyl (C=O) groups excluding carboxylic acids is 1. The molecule has 0 aliphatic carbocycles. The second-order valence-corrected chi connectivity index (χ2v) is 8.47. The van der Waals surface area contributed by atoms with Crippen molar-refractivity contribution in [3.63, 3.8) is 0 Å². The number of aromatic nitrogens is 1. The second kappa shape index (κ2) is 7.34. The van der Waals surface area contributed by atoms with Crippen LogP contribution in [0.3, 0.4) is 0 Å². The van der Waals surface area contributed by atoms with E-state index in [1.54, 1.807) is 11.3 Å². The van der Waals surface area contributed by atoms with Crippen LogP contribution in [0.5, 0.6) is 11.5 Å². The molecule has 1 aromatic heterocycles. The zero-order valence-electron chi connectivity index (χ0n) is 13.8. The number of thioether (sulfide) groups is 1. The van der Waals surface area contributed by atoms with Gasteiger partial charge in [0.15, 0.2) is 15.8 Å². The highest BCUT2D eigenvalue weighted by atomic mass is 35.5. The van der Waals surface area contributed by atoms with E-state index in [1.807, 2.05) is 43.3 Å². The van der Waals surface area contributed by atoms with E-state index >= 15 is 0 Å². The van der Waals surface area contributed by atoms with E-state index in [9.17, 15) is 4.79 Å². The number of nitrogens with zero attached hydrogens (tertiary/aromatic N) is 1. The molecule has 0 bridgehead atoms. The highest BCUT2D eigenvalue weighted by molar-refractivity contribution is 8.01. The summed E-state index contributed by atoms with van der Waals surface area (Å²) in [6, 6.07) is 11.2. The van der Waals surface area contributed by atoms with Crippen molar-refractivity contribution in [2.75, 3.05) is 12.5 Å². The number of amides is 1. The standard InChI is InChI=1S/C18H15ClN2O3S2/c1-10(11-2-4-14-15(6-11)24-9-23-14)20-17(22)8-25-18-21-13-7-12(19)3-5-16(13)26-18/h2-7,10H,8-9H2,1H3,(H,20,22)/t10-/m1/s1. The van der Waals surface area contributed by atoms with Crippen molar-refractivity contribution in [1.82, 2.24) is 10.3 Å². The fourth-order valence-corrected chi connectivity index (χ4v) is 4.64. The summed E-state index contributed by atoms with van der Waals surface area (Å²) in [6.45, 7) is 2.18. The number of halogens is 1. The Bertz CT molecular complexity index is 976. The van der Waals surface area contributed by atoms with Gasteiger partial charge in [0.2, 0.25) is 12.7 Å². The predicted octanol–water partition coefficient (Wildman–Crippen LogP) is 4.65. The largest absolute Gasteiger partial charge is 0.454 e. The van der Waals surface area contributed by atoms with Crippen LogP contribution in [0, 0.1) is 0 Å². The van der Waals surface area contributed by atoms with Crippen molar-refractivity contribution >= 4 is 50.8 Å². The zero-order chi connectivity index (χ0) is 18.1. The van der Waals surface area contributed by atoms with Crippen molar-refractivity contribution in [3.05, 3.63) is 47.0 Å². The Morgan fingerprint density at radius 3 is 3.04 bits per heavy atom. The molecule has 0 fully saturated rings. The van der Waals surface area contributed by atoms with Crippen LogP contribution < -0.4 is 14.8 Å². The zero-order valence-corrected chi connectivity index (χ0v) is 16.2. The van der Waals surface area contributed by atoms with E-state index in [4.69, 9.17) is 21.1 Å². The van der Waals surface area contributed by atoms with Crippen molar-refractivity contribution < 1.29 is 14.3 Å². The summed E-state index contributed by atoms with van der Waals surface area (Å²) in [5, 5.41) is 3.66. The van der Waals surface area contributed by atoms with Gasteiger partial charge in [-0.1, -0.05) is 29.4 Å². The Morgan fingerprint density at radius 1 is 1.31 bits per heavy atom. The highest BCUT2D eigenvalue weighted by Crippen LogP contribution is 2.34. The van der Waals surface area contributed by atoms with E-state index in [1.165, 1.54) is 11.8 Å². The maximum Gasteiger partial charge on any atom is 0.231 e. The summed E-state index contributed by atoms with van der Waals surface area (Å²) in [4.78, 5) is 16.8. The first-order valence-corrected chi connectivity index (χ1v) is 10.1. The fourth-order valence-electron chi connectivity index (χ4n) is 2.62. The van der Waals surface area contributed by atoms with Crippen LogP contribution in [0.2, 0.25) is 5.02 Å². The van der Waals surface area contributed by atoms with Crippen LogP contribution in [-0.4, -0.2) is 23.4 Å². The number of fused-ring (bicyclic) bond motifs is 2. The van der Waals surface area contributed by atoms with Crippen LogP contribution in [0.15, 0.2) is 40.7 Å². The summed E-state index contributed by atoms with van der Waals surface area (Å²) >= 11 is 8.97. The van der Waals surface area contributed by atoms with Crippen LogP contribution in [0.1, 0.15) is 18.5 Å². The number of thiazole rings is 1. The first kappa shape index (κ1) is 17.5. The molecule has 0 spiro atoms. The van der Waals surface area contributed by atoms with Gasteiger partial charge in [-0.25, -0.2) is 4.98 Å². The van der Waals surface area contributed by atoms with Crippen LogP contribution in [0.25, 0.3) is 10.2 Å². The van der Waals surface area contributed by atoms with Gasteiger partial charge in [-0.3, -0.25) is 4.79 Å². The van der Waals surface area contributed by atoms with Gasteiger partial charge >= 0.3 is 0 Å². The van der Waals surface area contributed by atoms with Crippen molar-refractivity contribution in [1.29, 1.82) is 0 Å². The van der Waals surface area contributed by atoms with E-state index in [2.05, 4.69) is 10.3 Å². The van der Waals surface area contributed by atoms with Gasteiger partial charge < -0.3 is 14.8 Å². The minimum absolute atomic E-state index is 0.0440. The maximum atomic E-state index is 12.3. The lowest BCUT2D eigenvalue weighted by molar-refractivity contribution is -0.119.